The molecule has 1 unspecified atom stereocenters. The number of rotatable bonds is 9. The quantitative estimate of drug-likeness (QED) is 0.473. The number of nitrogens with one attached hydrogen (secondary N) is 2. The Morgan fingerprint density at radius 3 is 2.48 bits per heavy atom. The van der Waals surface area contributed by atoms with E-state index in [9.17, 15) is 8.42 Å². The van der Waals surface area contributed by atoms with Crippen LogP contribution < -0.4 is 10.6 Å². The molecule has 0 spiro atoms. The van der Waals surface area contributed by atoms with Gasteiger partial charge in [-0.2, -0.15) is 0 Å². The van der Waals surface area contributed by atoms with Crippen molar-refractivity contribution in [3.63, 3.8) is 0 Å². The molecule has 2 N–H and O–H groups in total. The molecule has 1 aromatic rings. The van der Waals surface area contributed by atoms with E-state index >= 15 is 0 Å². The van der Waals surface area contributed by atoms with Crippen molar-refractivity contribution in [3.05, 3.63) is 35.4 Å². The van der Waals surface area contributed by atoms with Gasteiger partial charge in [-0.25, -0.2) is 8.42 Å². The first-order chi connectivity index (χ1) is 13.8. The third-order valence-electron chi connectivity index (χ3n) is 5.71. The molecule has 1 atom stereocenters. The van der Waals surface area contributed by atoms with E-state index in [4.69, 9.17) is 0 Å². The van der Waals surface area contributed by atoms with E-state index < -0.39 is 9.84 Å². The molecular formula is C22H38N4O2S. The molecule has 0 radical (unpaired) electrons. The average molecular weight is 423 g/mol. The van der Waals surface area contributed by atoms with Gasteiger partial charge in [-0.15, -0.1) is 0 Å². The number of guanidine groups is 1. The van der Waals surface area contributed by atoms with Crippen molar-refractivity contribution in [1.82, 2.24) is 15.5 Å². The van der Waals surface area contributed by atoms with Crippen LogP contribution in [0, 0.1) is 0 Å². The first-order valence-corrected chi connectivity index (χ1v) is 12.8. The molecule has 29 heavy (non-hydrogen) atoms. The van der Waals surface area contributed by atoms with Gasteiger partial charge >= 0.3 is 0 Å². The largest absolute Gasteiger partial charge is 0.354 e. The number of benzene rings is 1. The van der Waals surface area contributed by atoms with Crippen molar-refractivity contribution in [3.8, 4) is 0 Å². The van der Waals surface area contributed by atoms with Crippen LogP contribution in [-0.2, 0) is 22.9 Å². The van der Waals surface area contributed by atoms with Crippen LogP contribution in [0.5, 0.6) is 0 Å². The van der Waals surface area contributed by atoms with Crippen LogP contribution in [-0.4, -0.2) is 57.5 Å². The molecule has 164 valence electrons. The second kappa shape index (κ2) is 11.6. The Balaban J connectivity index is 1.90. The third kappa shape index (κ3) is 8.74. The van der Waals surface area contributed by atoms with E-state index in [-0.39, 0.29) is 11.8 Å². The fraction of sp³-hybridized carbons (Fsp3) is 0.682. The molecule has 0 aliphatic heterocycles. The molecule has 2 rings (SSSR count). The van der Waals surface area contributed by atoms with Gasteiger partial charge in [-0.1, -0.05) is 43.5 Å². The molecule has 1 fully saturated rings. The average Bonchev–Trinajstić information content (AvgIpc) is 2.70. The molecule has 1 saturated carbocycles. The van der Waals surface area contributed by atoms with Gasteiger partial charge in [-0.05, 0) is 44.4 Å². The van der Waals surface area contributed by atoms with Crippen LogP contribution in [0.3, 0.4) is 0 Å². The highest BCUT2D eigenvalue weighted by atomic mass is 32.2. The smallest absolute Gasteiger partial charge is 0.191 e. The number of sulfone groups is 1. The summed E-state index contributed by atoms with van der Waals surface area (Å²) in [7, 11) is 1.03. The Hall–Kier alpha value is -1.60. The van der Waals surface area contributed by atoms with Gasteiger partial charge in [0.1, 0.15) is 9.84 Å². The van der Waals surface area contributed by atoms with Crippen LogP contribution in [0.2, 0.25) is 0 Å². The normalized spacial score (nSPS) is 17.3. The predicted molar refractivity (Wildman–Crippen MR) is 122 cm³/mol. The van der Waals surface area contributed by atoms with E-state index in [0.717, 1.165) is 6.54 Å². The van der Waals surface area contributed by atoms with E-state index in [1.165, 1.54) is 49.5 Å². The summed E-state index contributed by atoms with van der Waals surface area (Å²) >= 11 is 0. The maximum Gasteiger partial charge on any atom is 0.191 e. The van der Waals surface area contributed by atoms with Crippen molar-refractivity contribution >= 4 is 15.8 Å². The molecular weight excluding hydrogens is 384 g/mol. The van der Waals surface area contributed by atoms with Crippen LogP contribution in [0.1, 0.15) is 56.6 Å². The van der Waals surface area contributed by atoms with Gasteiger partial charge < -0.3 is 10.6 Å². The number of nitrogens with zero attached hydrogens (tertiary/aromatic N) is 2. The van der Waals surface area contributed by atoms with Crippen molar-refractivity contribution in [2.45, 2.75) is 70.6 Å². The van der Waals surface area contributed by atoms with E-state index in [2.05, 4.69) is 51.8 Å². The first kappa shape index (κ1) is 23.7. The van der Waals surface area contributed by atoms with Crippen molar-refractivity contribution in [1.29, 1.82) is 0 Å². The Kier molecular flexibility index (Phi) is 9.43. The standard InChI is InChI=1S/C22H38N4O2S/c1-18(14-15-29(4,27)28)25-22(23-2)24-16-19-10-8-9-11-20(19)17-26(3)21-12-6-5-7-13-21/h8-11,18,21H,5-7,12-17H2,1-4H3,(H2,23,24,25). The lowest BCUT2D eigenvalue weighted by molar-refractivity contribution is 0.184. The number of aliphatic imine (C=N–C) groups is 1. The minimum Gasteiger partial charge on any atom is -0.354 e. The lowest BCUT2D eigenvalue weighted by Gasteiger charge is -2.31. The maximum absolute atomic E-state index is 11.4. The van der Waals surface area contributed by atoms with Gasteiger partial charge in [0.15, 0.2) is 5.96 Å². The third-order valence-corrected chi connectivity index (χ3v) is 6.69. The van der Waals surface area contributed by atoms with Crippen LogP contribution in [0.25, 0.3) is 0 Å². The second-order valence-electron chi connectivity index (χ2n) is 8.37. The van der Waals surface area contributed by atoms with E-state index in [0.29, 0.717) is 25.0 Å². The zero-order valence-electron chi connectivity index (χ0n) is 18.4. The summed E-state index contributed by atoms with van der Waals surface area (Å²) in [5.41, 5.74) is 2.61. The minimum absolute atomic E-state index is 0.0311. The summed E-state index contributed by atoms with van der Waals surface area (Å²) in [5, 5.41) is 6.66. The predicted octanol–water partition coefficient (Wildman–Crippen LogP) is 2.94. The van der Waals surface area contributed by atoms with Gasteiger partial charge in [0, 0.05) is 38.5 Å². The molecule has 7 heteroatoms. The zero-order valence-corrected chi connectivity index (χ0v) is 19.3. The maximum atomic E-state index is 11.4. The SMILES string of the molecule is CN=C(NCc1ccccc1CN(C)C1CCCCC1)NC(C)CCS(C)(=O)=O. The molecule has 1 aliphatic rings. The second-order valence-corrected chi connectivity index (χ2v) is 10.6. The molecule has 0 bridgehead atoms. The minimum atomic E-state index is -2.95. The molecule has 6 nitrogen and oxygen atoms in total. The van der Waals surface area contributed by atoms with Crippen molar-refractivity contribution in [2.24, 2.45) is 4.99 Å². The number of hydrogen-bond acceptors (Lipinski definition) is 4. The number of hydrogen-bond donors (Lipinski definition) is 2. The Morgan fingerprint density at radius 1 is 1.21 bits per heavy atom. The summed E-state index contributed by atoms with van der Waals surface area (Å²) in [5.74, 6) is 0.871. The fourth-order valence-corrected chi connectivity index (χ4v) is 4.66. The highest BCUT2D eigenvalue weighted by Gasteiger charge is 2.19. The van der Waals surface area contributed by atoms with E-state index in [1.54, 1.807) is 7.05 Å². The fourth-order valence-electron chi connectivity index (χ4n) is 3.87. The van der Waals surface area contributed by atoms with Gasteiger partial charge in [0.25, 0.3) is 0 Å². The molecule has 0 amide bonds. The van der Waals surface area contributed by atoms with Crippen molar-refractivity contribution < 1.29 is 8.42 Å². The molecule has 0 saturated heterocycles. The summed E-state index contributed by atoms with van der Waals surface area (Å²) in [4.78, 5) is 6.78. The lowest BCUT2D eigenvalue weighted by Crippen LogP contribution is -2.42. The lowest BCUT2D eigenvalue weighted by atomic mass is 9.94. The van der Waals surface area contributed by atoms with Crippen molar-refractivity contribution in [2.75, 3.05) is 26.1 Å². The topological polar surface area (TPSA) is 73.8 Å². The summed E-state index contributed by atoms with van der Waals surface area (Å²) in [6.07, 6.45) is 8.50. The highest BCUT2D eigenvalue weighted by molar-refractivity contribution is 7.90. The van der Waals surface area contributed by atoms with Gasteiger partial charge in [0.05, 0.1) is 5.75 Å². The van der Waals surface area contributed by atoms with Crippen LogP contribution in [0.15, 0.2) is 29.3 Å². The van der Waals surface area contributed by atoms with Gasteiger partial charge in [0.2, 0.25) is 0 Å². The molecule has 1 aliphatic carbocycles. The Bertz CT molecular complexity index is 758. The molecule has 0 aromatic heterocycles. The highest BCUT2D eigenvalue weighted by Crippen LogP contribution is 2.23. The summed E-state index contributed by atoms with van der Waals surface area (Å²) in [6, 6.07) is 9.27. The zero-order chi connectivity index (χ0) is 21.3. The van der Waals surface area contributed by atoms with Gasteiger partial charge in [-0.3, -0.25) is 9.89 Å². The first-order valence-electron chi connectivity index (χ1n) is 10.7. The van der Waals surface area contributed by atoms with E-state index in [1.807, 2.05) is 6.92 Å². The van der Waals surface area contributed by atoms with Crippen LogP contribution in [0.4, 0.5) is 0 Å². The Morgan fingerprint density at radius 2 is 1.86 bits per heavy atom. The summed E-state index contributed by atoms with van der Waals surface area (Å²) in [6.45, 7) is 3.62. The van der Waals surface area contributed by atoms with Crippen LogP contribution >= 0.6 is 0 Å². The summed E-state index contributed by atoms with van der Waals surface area (Å²) < 4.78 is 22.7. The monoisotopic (exact) mass is 422 g/mol. The Labute approximate surface area is 177 Å². The molecule has 0 heterocycles. The molecule has 1 aromatic carbocycles.